The molecule has 1 aliphatic carbocycles. The van der Waals surface area contributed by atoms with Gasteiger partial charge in [-0.25, -0.2) is 4.39 Å². The minimum absolute atomic E-state index is 0.151. The van der Waals surface area contributed by atoms with Crippen molar-refractivity contribution in [2.24, 2.45) is 5.92 Å². The van der Waals surface area contributed by atoms with Crippen molar-refractivity contribution < 1.29 is 14.2 Å². The van der Waals surface area contributed by atoms with E-state index in [1.807, 2.05) is 0 Å². The fraction of sp³-hybridized carbons (Fsp3) is 0.625. The molecule has 3 unspecified atom stereocenters. The molecule has 19 heavy (non-hydrogen) atoms. The van der Waals surface area contributed by atoms with E-state index in [1.165, 1.54) is 31.4 Å². The first-order valence-corrected chi connectivity index (χ1v) is 7.24. The molecule has 1 N–H and O–H groups in total. The maximum Gasteiger partial charge on any atom is 0.128 e. The van der Waals surface area contributed by atoms with Gasteiger partial charge in [-0.2, -0.15) is 0 Å². The number of ether oxygens (including phenoxy) is 1. The van der Waals surface area contributed by atoms with Crippen LogP contribution in [-0.4, -0.2) is 11.2 Å². The predicted octanol–water partition coefficient (Wildman–Crippen LogP) is 4.23. The summed E-state index contributed by atoms with van der Waals surface area (Å²) in [4.78, 5) is 0. The van der Waals surface area contributed by atoms with E-state index in [-0.39, 0.29) is 11.9 Å². The van der Waals surface area contributed by atoms with Gasteiger partial charge in [0, 0.05) is 11.6 Å². The van der Waals surface area contributed by atoms with E-state index >= 15 is 0 Å². The Labute approximate surface area is 114 Å². The fourth-order valence-electron chi connectivity index (χ4n) is 2.85. The molecule has 106 valence electrons. The van der Waals surface area contributed by atoms with Crippen LogP contribution in [0.1, 0.15) is 57.6 Å². The van der Waals surface area contributed by atoms with Crippen LogP contribution in [0.3, 0.4) is 0 Å². The van der Waals surface area contributed by atoms with E-state index in [9.17, 15) is 9.50 Å². The molecule has 1 aromatic carbocycles. The molecule has 2 nitrogen and oxygen atoms in total. The Balaban J connectivity index is 2.11. The van der Waals surface area contributed by atoms with Crippen LogP contribution in [0.25, 0.3) is 0 Å². The highest BCUT2D eigenvalue weighted by Crippen LogP contribution is 2.32. The number of halogens is 1. The third kappa shape index (κ3) is 3.69. The van der Waals surface area contributed by atoms with E-state index in [4.69, 9.17) is 4.74 Å². The zero-order chi connectivity index (χ0) is 13.8. The zero-order valence-corrected chi connectivity index (χ0v) is 11.7. The van der Waals surface area contributed by atoms with Crippen LogP contribution in [-0.2, 0) is 0 Å². The number of rotatable bonds is 4. The van der Waals surface area contributed by atoms with Crippen molar-refractivity contribution >= 4 is 0 Å². The fourth-order valence-corrected chi connectivity index (χ4v) is 2.85. The van der Waals surface area contributed by atoms with E-state index in [0.29, 0.717) is 17.2 Å². The van der Waals surface area contributed by atoms with Gasteiger partial charge >= 0.3 is 0 Å². The quantitative estimate of drug-likeness (QED) is 0.883. The third-order valence-electron chi connectivity index (χ3n) is 4.03. The van der Waals surface area contributed by atoms with E-state index in [2.05, 4.69) is 6.92 Å². The SMILES string of the molecule is CCC1CCCC(Oc2cc(F)ccc2C(C)O)C1. The van der Waals surface area contributed by atoms with E-state index in [1.54, 1.807) is 13.0 Å². The lowest BCUT2D eigenvalue weighted by Gasteiger charge is -2.29. The maximum atomic E-state index is 13.3. The summed E-state index contributed by atoms with van der Waals surface area (Å²) in [6.45, 7) is 3.88. The van der Waals surface area contributed by atoms with Gasteiger partial charge in [0.05, 0.1) is 12.2 Å². The average Bonchev–Trinajstić information content (AvgIpc) is 2.38. The van der Waals surface area contributed by atoms with Gasteiger partial charge in [-0.1, -0.05) is 19.8 Å². The summed E-state index contributed by atoms with van der Waals surface area (Å²) < 4.78 is 19.3. The van der Waals surface area contributed by atoms with Gasteiger partial charge in [-0.05, 0) is 44.2 Å². The second-order valence-electron chi connectivity index (χ2n) is 5.54. The molecular weight excluding hydrogens is 243 g/mol. The van der Waals surface area contributed by atoms with Crippen LogP contribution in [0.2, 0.25) is 0 Å². The zero-order valence-electron chi connectivity index (χ0n) is 11.7. The summed E-state index contributed by atoms with van der Waals surface area (Å²) in [5.41, 5.74) is 0.667. The van der Waals surface area contributed by atoms with Crippen molar-refractivity contribution in [2.45, 2.75) is 58.2 Å². The largest absolute Gasteiger partial charge is 0.490 e. The first-order chi connectivity index (χ1) is 9.10. The summed E-state index contributed by atoms with van der Waals surface area (Å²) in [6, 6.07) is 4.36. The van der Waals surface area contributed by atoms with Gasteiger partial charge < -0.3 is 9.84 Å². The summed E-state index contributed by atoms with van der Waals surface area (Å²) in [6.07, 6.45) is 5.18. The second kappa shape index (κ2) is 6.38. The first-order valence-electron chi connectivity index (χ1n) is 7.24. The van der Waals surface area contributed by atoms with Crippen molar-refractivity contribution in [3.63, 3.8) is 0 Å². The molecule has 1 fully saturated rings. The Kier molecular flexibility index (Phi) is 4.81. The van der Waals surface area contributed by atoms with Gasteiger partial charge in [0.2, 0.25) is 0 Å². The van der Waals surface area contributed by atoms with Gasteiger partial charge in [0.1, 0.15) is 11.6 Å². The molecule has 0 aliphatic heterocycles. The van der Waals surface area contributed by atoms with Crippen molar-refractivity contribution in [1.82, 2.24) is 0 Å². The molecular formula is C16H23FO2. The van der Waals surface area contributed by atoms with Gasteiger partial charge in [-0.3, -0.25) is 0 Å². The Morgan fingerprint density at radius 2 is 2.21 bits per heavy atom. The molecule has 0 saturated heterocycles. The van der Waals surface area contributed by atoms with Crippen molar-refractivity contribution in [1.29, 1.82) is 0 Å². The lowest BCUT2D eigenvalue weighted by Crippen LogP contribution is -2.25. The minimum atomic E-state index is -0.638. The highest BCUT2D eigenvalue weighted by atomic mass is 19.1. The molecule has 0 amide bonds. The molecule has 0 bridgehead atoms. The smallest absolute Gasteiger partial charge is 0.128 e. The molecule has 1 aliphatic rings. The monoisotopic (exact) mass is 266 g/mol. The number of hydrogen-bond donors (Lipinski definition) is 1. The molecule has 0 heterocycles. The number of aliphatic hydroxyl groups is 1. The highest BCUT2D eigenvalue weighted by Gasteiger charge is 2.23. The van der Waals surface area contributed by atoms with Crippen LogP contribution in [0, 0.1) is 11.7 Å². The molecule has 3 heteroatoms. The molecule has 2 rings (SSSR count). The third-order valence-corrected chi connectivity index (χ3v) is 4.03. The summed E-state index contributed by atoms with van der Waals surface area (Å²) in [5, 5.41) is 9.72. The topological polar surface area (TPSA) is 29.5 Å². The van der Waals surface area contributed by atoms with Crippen molar-refractivity contribution in [3.8, 4) is 5.75 Å². The lowest BCUT2D eigenvalue weighted by molar-refractivity contribution is 0.114. The van der Waals surface area contributed by atoms with Gasteiger partial charge in [0.15, 0.2) is 0 Å². The summed E-state index contributed by atoms with van der Waals surface area (Å²) >= 11 is 0. The highest BCUT2D eigenvalue weighted by molar-refractivity contribution is 5.35. The van der Waals surface area contributed by atoms with Crippen LogP contribution in [0.4, 0.5) is 4.39 Å². The molecule has 1 aromatic rings. The van der Waals surface area contributed by atoms with Crippen molar-refractivity contribution in [2.75, 3.05) is 0 Å². The number of aliphatic hydroxyl groups excluding tert-OH is 1. The Morgan fingerprint density at radius 1 is 1.42 bits per heavy atom. The predicted molar refractivity (Wildman–Crippen MR) is 73.7 cm³/mol. The van der Waals surface area contributed by atoms with Crippen LogP contribution in [0.15, 0.2) is 18.2 Å². The van der Waals surface area contributed by atoms with E-state index in [0.717, 1.165) is 12.8 Å². The number of hydrogen-bond acceptors (Lipinski definition) is 2. The molecule has 1 saturated carbocycles. The van der Waals surface area contributed by atoms with E-state index < -0.39 is 6.10 Å². The Hall–Kier alpha value is -1.09. The van der Waals surface area contributed by atoms with Gasteiger partial charge in [-0.15, -0.1) is 0 Å². The van der Waals surface area contributed by atoms with Crippen LogP contribution < -0.4 is 4.74 Å². The second-order valence-corrected chi connectivity index (χ2v) is 5.54. The van der Waals surface area contributed by atoms with Crippen molar-refractivity contribution in [3.05, 3.63) is 29.6 Å². The molecule has 3 atom stereocenters. The first kappa shape index (κ1) is 14.3. The number of benzene rings is 1. The minimum Gasteiger partial charge on any atom is -0.490 e. The standard InChI is InChI=1S/C16H23FO2/c1-3-12-5-4-6-14(9-12)19-16-10-13(17)7-8-15(16)11(2)18/h7-8,10-12,14,18H,3-6,9H2,1-2H3. The summed E-state index contributed by atoms with van der Waals surface area (Å²) in [5.74, 6) is 0.890. The Morgan fingerprint density at radius 3 is 2.89 bits per heavy atom. The Bertz CT molecular complexity index is 417. The summed E-state index contributed by atoms with van der Waals surface area (Å²) in [7, 11) is 0. The molecule has 0 radical (unpaired) electrons. The molecule has 0 aromatic heterocycles. The molecule has 0 spiro atoms. The van der Waals surface area contributed by atoms with Crippen LogP contribution >= 0.6 is 0 Å². The maximum absolute atomic E-state index is 13.3. The average molecular weight is 266 g/mol. The van der Waals surface area contributed by atoms with Crippen LogP contribution in [0.5, 0.6) is 5.75 Å². The lowest BCUT2D eigenvalue weighted by atomic mass is 9.85. The normalized spacial score (nSPS) is 25.1. The van der Waals surface area contributed by atoms with Gasteiger partial charge in [0.25, 0.3) is 0 Å².